The molecule has 10 N–H and O–H groups in total. The van der Waals surface area contributed by atoms with Crippen molar-refractivity contribution in [3.8, 4) is 0 Å². The molecule has 114 valence electrons. The average molecular weight is 300 g/mol. The molecular weight excluding hydrogens is 278 g/mol. The van der Waals surface area contributed by atoms with Gasteiger partial charge in [-0.1, -0.05) is 0 Å². The van der Waals surface area contributed by atoms with Crippen LogP contribution in [0.25, 0.3) is 0 Å². The van der Waals surface area contributed by atoms with E-state index >= 15 is 0 Å². The van der Waals surface area contributed by atoms with Crippen LogP contribution >= 0.6 is 12.4 Å². The molecule has 19 heavy (non-hydrogen) atoms. The molecule has 0 aliphatic carbocycles. The number of carboxylic acids is 2. The van der Waals surface area contributed by atoms with Crippen LogP contribution in [0, 0.1) is 0 Å². The summed E-state index contributed by atoms with van der Waals surface area (Å²) in [5, 5.41) is 16.2. The molecular formula is C9H22ClN5O4. The summed E-state index contributed by atoms with van der Waals surface area (Å²) in [6.45, 7) is 1.84. The quantitative estimate of drug-likeness (QED) is 0.190. The Labute approximate surface area is 117 Å². The third-order valence-corrected chi connectivity index (χ3v) is 1.67. The van der Waals surface area contributed by atoms with Crippen LogP contribution < -0.4 is 22.9 Å². The first-order valence-corrected chi connectivity index (χ1v) is 5.20. The van der Waals surface area contributed by atoms with E-state index in [-0.39, 0.29) is 18.4 Å². The molecule has 0 saturated heterocycles. The van der Waals surface area contributed by atoms with E-state index in [0.29, 0.717) is 19.4 Å². The number of aliphatic imine (C=N–C) groups is 1. The summed E-state index contributed by atoms with van der Waals surface area (Å²) in [5.41, 5.74) is 20.2. The minimum atomic E-state index is -1.00. The van der Waals surface area contributed by atoms with Crippen molar-refractivity contribution in [1.82, 2.24) is 0 Å². The Morgan fingerprint density at radius 1 is 1.16 bits per heavy atom. The van der Waals surface area contributed by atoms with E-state index in [1.165, 1.54) is 6.92 Å². The van der Waals surface area contributed by atoms with Crippen LogP contribution in [0.4, 0.5) is 0 Å². The van der Waals surface area contributed by atoms with Gasteiger partial charge in [0.05, 0.1) is 0 Å². The minimum absolute atomic E-state index is 0. The maximum absolute atomic E-state index is 10.2. The van der Waals surface area contributed by atoms with Gasteiger partial charge in [0.1, 0.15) is 12.1 Å². The molecule has 10 heteroatoms. The molecule has 0 radical (unpaired) electrons. The Hall–Kier alpha value is -1.58. The highest BCUT2D eigenvalue weighted by atomic mass is 35.5. The average Bonchev–Trinajstić information content (AvgIpc) is 2.24. The third-order valence-electron chi connectivity index (χ3n) is 1.67. The first-order chi connectivity index (χ1) is 8.18. The lowest BCUT2D eigenvalue weighted by Gasteiger charge is -2.03. The molecule has 0 amide bonds. The van der Waals surface area contributed by atoms with Gasteiger partial charge < -0.3 is 33.1 Å². The van der Waals surface area contributed by atoms with E-state index in [1.54, 1.807) is 0 Å². The topological polar surface area (TPSA) is 191 Å². The summed E-state index contributed by atoms with van der Waals surface area (Å²) in [5.74, 6) is -1.95. The number of hydrogen-bond donors (Lipinski definition) is 6. The lowest BCUT2D eigenvalue weighted by Crippen LogP contribution is -2.30. The van der Waals surface area contributed by atoms with Crippen molar-refractivity contribution in [2.75, 3.05) is 6.54 Å². The second-order valence-corrected chi connectivity index (χ2v) is 3.52. The van der Waals surface area contributed by atoms with Crippen molar-refractivity contribution in [2.45, 2.75) is 31.8 Å². The van der Waals surface area contributed by atoms with Crippen LogP contribution in [-0.4, -0.2) is 46.7 Å². The third kappa shape index (κ3) is 19.0. The fraction of sp³-hybridized carbons (Fsp3) is 0.667. The molecule has 0 fully saturated rings. The highest BCUT2D eigenvalue weighted by Gasteiger charge is 2.09. The molecule has 2 atom stereocenters. The Morgan fingerprint density at radius 2 is 1.58 bits per heavy atom. The summed E-state index contributed by atoms with van der Waals surface area (Å²) < 4.78 is 0. The van der Waals surface area contributed by atoms with Gasteiger partial charge in [0.25, 0.3) is 0 Å². The van der Waals surface area contributed by atoms with Crippen molar-refractivity contribution in [1.29, 1.82) is 0 Å². The van der Waals surface area contributed by atoms with Gasteiger partial charge in [-0.15, -0.1) is 12.4 Å². The number of guanidine groups is 1. The first kappa shape index (κ1) is 22.6. The normalized spacial score (nSPS) is 11.9. The van der Waals surface area contributed by atoms with E-state index < -0.39 is 24.0 Å². The van der Waals surface area contributed by atoms with Gasteiger partial charge in [-0.3, -0.25) is 14.6 Å². The number of carbonyl (C=O) groups is 2. The van der Waals surface area contributed by atoms with Gasteiger partial charge in [0.2, 0.25) is 0 Å². The lowest BCUT2D eigenvalue weighted by atomic mass is 10.2. The number of hydrogen-bond acceptors (Lipinski definition) is 5. The monoisotopic (exact) mass is 299 g/mol. The molecule has 0 aromatic rings. The number of nitrogens with zero attached hydrogens (tertiary/aromatic N) is 1. The Balaban J connectivity index is -0.000000313. The zero-order chi connectivity index (χ0) is 14.7. The molecule has 9 nitrogen and oxygen atoms in total. The Kier molecular flexibility index (Phi) is 15.3. The number of aliphatic carboxylic acids is 2. The standard InChI is InChI=1S/C6H14N4O2.C3H7NO2.ClH/c7-4(5(11)12)2-1-3-10-6(8)9;1-2(4)3(5)6;/h4H,1-3,7H2,(H,11,12)(H4,8,9,10);2H,4H2,1H3,(H,5,6);1H/t4-;2-;/m00./s1. The van der Waals surface area contributed by atoms with Crippen LogP contribution in [0.5, 0.6) is 0 Å². The Bertz CT molecular complexity index is 294. The van der Waals surface area contributed by atoms with E-state index in [1.807, 2.05) is 0 Å². The second-order valence-electron chi connectivity index (χ2n) is 3.52. The van der Waals surface area contributed by atoms with Crippen molar-refractivity contribution in [2.24, 2.45) is 27.9 Å². The van der Waals surface area contributed by atoms with E-state index in [9.17, 15) is 9.59 Å². The number of carboxylic acid groups (broad SMARTS) is 2. The van der Waals surface area contributed by atoms with Crippen LogP contribution in [0.1, 0.15) is 19.8 Å². The second kappa shape index (κ2) is 12.9. The minimum Gasteiger partial charge on any atom is -0.480 e. The molecule has 0 rings (SSSR count). The number of nitrogens with two attached hydrogens (primary N) is 4. The molecule has 0 saturated carbocycles. The SMILES string of the molecule is C[C@H](N)C(=O)O.Cl.NC(N)=NCCC[C@H](N)C(=O)O. The maximum atomic E-state index is 10.2. The van der Waals surface area contributed by atoms with E-state index in [0.717, 1.165) is 0 Å². The fourth-order valence-corrected chi connectivity index (χ4v) is 0.643. The first-order valence-electron chi connectivity index (χ1n) is 5.20. The molecule has 0 aromatic carbocycles. The van der Waals surface area contributed by atoms with Crippen LogP contribution in [0.15, 0.2) is 4.99 Å². The van der Waals surface area contributed by atoms with Gasteiger partial charge in [-0.25, -0.2) is 0 Å². The molecule has 0 spiro atoms. The van der Waals surface area contributed by atoms with Gasteiger partial charge in [0.15, 0.2) is 5.96 Å². The smallest absolute Gasteiger partial charge is 0.320 e. The van der Waals surface area contributed by atoms with Crippen molar-refractivity contribution >= 4 is 30.3 Å². The Morgan fingerprint density at radius 3 is 1.84 bits per heavy atom. The molecule has 0 aliphatic heterocycles. The zero-order valence-electron chi connectivity index (χ0n) is 10.7. The number of rotatable bonds is 6. The van der Waals surface area contributed by atoms with Gasteiger partial charge in [-0.05, 0) is 19.8 Å². The predicted molar refractivity (Wildman–Crippen MR) is 74.1 cm³/mol. The molecule has 0 heterocycles. The van der Waals surface area contributed by atoms with E-state index in [4.69, 9.17) is 33.1 Å². The lowest BCUT2D eigenvalue weighted by molar-refractivity contribution is -0.139. The van der Waals surface area contributed by atoms with Gasteiger partial charge in [-0.2, -0.15) is 0 Å². The van der Waals surface area contributed by atoms with Crippen molar-refractivity contribution in [3.05, 3.63) is 0 Å². The predicted octanol–water partition coefficient (Wildman–Crippen LogP) is -1.71. The van der Waals surface area contributed by atoms with Gasteiger partial charge in [0, 0.05) is 6.54 Å². The molecule has 0 aliphatic rings. The highest BCUT2D eigenvalue weighted by Crippen LogP contribution is 1.94. The molecule has 0 aromatic heterocycles. The van der Waals surface area contributed by atoms with Crippen molar-refractivity contribution < 1.29 is 19.8 Å². The summed E-state index contributed by atoms with van der Waals surface area (Å²) in [6, 6.07) is -1.55. The summed E-state index contributed by atoms with van der Waals surface area (Å²) in [4.78, 5) is 23.5. The summed E-state index contributed by atoms with van der Waals surface area (Å²) in [6.07, 6.45) is 0.956. The van der Waals surface area contributed by atoms with E-state index in [2.05, 4.69) is 4.99 Å². The highest BCUT2D eigenvalue weighted by molar-refractivity contribution is 5.85. The zero-order valence-corrected chi connectivity index (χ0v) is 11.5. The van der Waals surface area contributed by atoms with Crippen LogP contribution in [0.3, 0.4) is 0 Å². The fourth-order valence-electron chi connectivity index (χ4n) is 0.643. The van der Waals surface area contributed by atoms with Crippen LogP contribution in [-0.2, 0) is 9.59 Å². The molecule has 0 unspecified atom stereocenters. The van der Waals surface area contributed by atoms with Gasteiger partial charge >= 0.3 is 11.9 Å². The molecule has 0 bridgehead atoms. The van der Waals surface area contributed by atoms with Crippen LogP contribution in [0.2, 0.25) is 0 Å². The van der Waals surface area contributed by atoms with Crippen molar-refractivity contribution in [3.63, 3.8) is 0 Å². The number of halogens is 1. The maximum Gasteiger partial charge on any atom is 0.320 e. The summed E-state index contributed by atoms with van der Waals surface area (Å²) >= 11 is 0. The largest absolute Gasteiger partial charge is 0.480 e. The summed E-state index contributed by atoms with van der Waals surface area (Å²) in [7, 11) is 0.